The largest absolute Gasteiger partial charge is 0.455 e. The summed E-state index contributed by atoms with van der Waals surface area (Å²) >= 11 is 0.983. The van der Waals surface area contributed by atoms with E-state index in [1.807, 2.05) is 0 Å². The molecule has 7 rings (SSSR count). The van der Waals surface area contributed by atoms with E-state index in [1.165, 1.54) is 13.8 Å². The fraction of sp³-hybridized carbons (Fsp3) is 0.491. The number of fused-ring (bicyclic) bond motifs is 5. The summed E-state index contributed by atoms with van der Waals surface area (Å²) in [6, 6.07) is 23.3. The minimum atomic E-state index is -2.25. The molecule has 3 aromatic rings. The van der Waals surface area contributed by atoms with Crippen LogP contribution in [0.3, 0.4) is 0 Å². The molecule has 0 radical (unpaired) electrons. The van der Waals surface area contributed by atoms with Crippen LogP contribution in [0, 0.1) is 28.6 Å². The molecule has 0 unspecified atom stereocenters. The Morgan fingerprint density at radius 3 is 1.99 bits per heavy atom. The number of esters is 4. The van der Waals surface area contributed by atoms with Gasteiger partial charge in [0.2, 0.25) is 6.10 Å². The fourth-order valence-electron chi connectivity index (χ4n) is 11.5. The van der Waals surface area contributed by atoms with Gasteiger partial charge >= 0.3 is 23.9 Å². The maximum atomic E-state index is 15.8. The van der Waals surface area contributed by atoms with Crippen LogP contribution in [0.5, 0.6) is 0 Å². The van der Waals surface area contributed by atoms with Crippen LogP contribution in [0.1, 0.15) is 107 Å². The Balaban J connectivity index is 1.40. The van der Waals surface area contributed by atoms with E-state index in [-0.39, 0.29) is 58.5 Å². The molecule has 2 saturated carbocycles. The lowest BCUT2D eigenvalue weighted by atomic mass is 9.42. The molecule has 3 N–H and O–H groups in total. The SMILES string of the molecule is CC(=O)O[C@H]1C(=O)[C@@]2(C)[C@H]([C@H](CC(=O)c3ccccc3)[C@]3(O)C[C@H](OC(=O)[C@H](OC(=O)CSCC(=O)C(C)C)[C@@H](NC(=O)c4ccccc4)c4ccccc4)C(C)=C1C3(C)C)[C@]1(OC(C)=O)CO[C@@H]1C[C@@H]2O. The van der Waals surface area contributed by atoms with Crippen molar-refractivity contribution >= 4 is 58.9 Å². The summed E-state index contributed by atoms with van der Waals surface area (Å²) in [5.41, 5.74) is -6.51. The quantitative estimate of drug-likeness (QED) is 0.0617. The number of aliphatic hydroxyl groups excluding tert-OH is 1. The van der Waals surface area contributed by atoms with Gasteiger partial charge in [0.25, 0.3) is 5.91 Å². The molecule has 17 heteroatoms. The number of hydrogen-bond acceptors (Lipinski definition) is 16. The maximum Gasteiger partial charge on any atom is 0.350 e. The zero-order chi connectivity index (χ0) is 52.5. The minimum absolute atomic E-state index is 0.0171. The molecule has 1 saturated heterocycles. The van der Waals surface area contributed by atoms with Gasteiger partial charge in [-0.3, -0.25) is 33.6 Å². The number of carbonyl (C=O) groups excluding carboxylic acids is 8. The molecule has 0 aromatic heterocycles. The van der Waals surface area contributed by atoms with E-state index in [2.05, 4.69) is 5.32 Å². The average Bonchev–Trinajstić information content (AvgIpc) is 3.33. The third kappa shape index (κ3) is 10.0. The Labute approximate surface area is 422 Å². The van der Waals surface area contributed by atoms with Gasteiger partial charge in [-0.1, -0.05) is 107 Å². The highest BCUT2D eigenvalue weighted by Crippen LogP contribution is 2.66. The summed E-state index contributed by atoms with van der Waals surface area (Å²) < 4.78 is 30.6. The lowest BCUT2D eigenvalue weighted by Gasteiger charge is -2.68. The average molecular weight is 1010 g/mol. The Morgan fingerprint density at radius 2 is 1.43 bits per heavy atom. The van der Waals surface area contributed by atoms with Crippen molar-refractivity contribution in [3.63, 3.8) is 0 Å². The Morgan fingerprint density at radius 1 is 0.833 bits per heavy atom. The van der Waals surface area contributed by atoms with Crippen molar-refractivity contribution in [3.8, 4) is 0 Å². The molecule has 3 fully saturated rings. The van der Waals surface area contributed by atoms with Crippen LogP contribution in [-0.2, 0) is 52.5 Å². The van der Waals surface area contributed by atoms with Crippen LogP contribution < -0.4 is 5.32 Å². The standard InChI is InChI=1S/C55H63NO15S/c1-30(2)39(60)27-72-28-43(62)70-47(45(35-20-14-10-15-21-35)56-50(64)36-22-16-11-17-23-36)51(65)69-40-26-55(66)37(24-38(59)34-18-12-9-13-19-34)48-53(8,41(61)25-42-54(48,29-67-42)71-33(5)58)49(63)46(68-32(4)57)44(31(40)3)52(55,6)7/h9-23,30,37,40-42,45-48,61,66H,24-29H2,1-8H3,(H,56,64)/t37-,40-,41-,42+,45-,46+,47+,48-,53+,54-,55+/m0/s1. The molecular formula is C55H63NO15S. The number of Topliss-reactive ketones (excluding diaryl/α,β-unsaturated/α-hetero) is 3. The predicted octanol–water partition coefficient (Wildman–Crippen LogP) is 5.91. The Hall–Kier alpha value is -6.01. The van der Waals surface area contributed by atoms with Crippen LogP contribution in [0.15, 0.2) is 102 Å². The third-order valence-electron chi connectivity index (χ3n) is 15.3. The fourth-order valence-corrected chi connectivity index (χ4v) is 12.4. The van der Waals surface area contributed by atoms with Crippen LogP contribution in [0.25, 0.3) is 0 Å². The van der Waals surface area contributed by atoms with Gasteiger partial charge in [-0.05, 0) is 42.7 Å². The molecule has 2 bridgehead atoms. The zero-order valence-corrected chi connectivity index (χ0v) is 42.5. The number of rotatable bonds is 17. The number of ether oxygens (including phenoxy) is 5. The van der Waals surface area contributed by atoms with E-state index in [0.29, 0.717) is 5.56 Å². The van der Waals surface area contributed by atoms with Crippen LogP contribution in [0.2, 0.25) is 0 Å². The highest BCUT2D eigenvalue weighted by molar-refractivity contribution is 8.00. The van der Waals surface area contributed by atoms with E-state index in [4.69, 9.17) is 23.7 Å². The van der Waals surface area contributed by atoms with Gasteiger partial charge in [-0.2, -0.15) is 0 Å². The lowest BCUT2D eigenvalue weighted by molar-refractivity contribution is -0.339. The van der Waals surface area contributed by atoms with Crippen LogP contribution in [-0.4, -0.2) is 117 Å². The van der Waals surface area contributed by atoms with Crippen molar-refractivity contribution < 1.29 is 72.3 Å². The van der Waals surface area contributed by atoms with Crippen LogP contribution in [0.4, 0.5) is 0 Å². The number of ketones is 3. The number of hydrogen-bond donors (Lipinski definition) is 3. The third-order valence-corrected chi connectivity index (χ3v) is 16.3. The normalized spacial score (nSPS) is 29.1. The number of carbonyl (C=O) groups is 8. The molecule has 16 nitrogen and oxygen atoms in total. The molecule has 4 aliphatic rings. The number of amides is 1. The second-order valence-corrected chi connectivity index (χ2v) is 21.3. The first-order chi connectivity index (χ1) is 34.0. The first-order valence-corrected chi connectivity index (χ1v) is 25.3. The van der Waals surface area contributed by atoms with Gasteiger partial charge in [0, 0.05) is 67.4 Å². The van der Waals surface area contributed by atoms with Crippen molar-refractivity contribution in [1.82, 2.24) is 5.32 Å². The highest BCUT2D eigenvalue weighted by atomic mass is 32.2. The van der Waals surface area contributed by atoms with Gasteiger partial charge in [-0.25, -0.2) is 4.79 Å². The van der Waals surface area contributed by atoms with Crippen molar-refractivity contribution in [2.24, 2.45) is 28.6 Å². The zero-order valence-electron chi connectivity index (χ0n) is 41.7. The van der Waals surface area contributed by atoms with Crippen molar-refractivity contribution in [2.75, 3.05) is 18.1 Å². The highest BCUT2D eigenvalue weighted by Gasteiger charge is 2.77. The van der Waals surface area contributed by atoms with Crippen molar-refractivity contribution in [3.05, 3.63) is 119 Å². The van der Waals surface area contributed by atoms with E-state index >= 15 is 9.59 Å². The monoisotopic (exact) mass is 1010 g/mol. The van der Waals surface area contributed by atoms with Gasteiger partial charge < -0.3 is 39.2 Å². The number of nitrogens with one attached hydrogen (secondary N) is 1. The summed E-state index contributed by atoms with van der Waals surface area (Å²) in [4.78, 5) is 112. The van der Waals surface area contributed by atoms with E-state index in [0.717, 1.165) is 18.7 Å². The second-order valence-electron chi connectivity index (χ2n) is 20.3. The summed E-state index contributed by atoms with van der Waals surface area (Å²) in [5, 5.41) is 29.2. The summed E-state index contributed by atoms with van der Waals surface area (Å²) in [6.07, 6.45) is -8.93. The van der Waals surface area contributed by atoms with E-state index in [9.17, 15) is 39.0 Å². The maximum absolute atomic E-state index is 15.8. The molecule has 3 aromatic carbocycles. The smallest absolute Gasteiger partial charge is 0.350 e. The molecule has 1 amide bonds. The predicted molar refractivity (Wildman–Crippen MR) is 262 cm³/mol. The summed E-state index contributed by atoms with van der Waals surface area (Å²) in [6.45, 7) is 11.7. The molecule has 1 heterocycles. The first kappa shape index (κ1) is 53.8. The topological polar surface area (TPSA) is 235 Å². The van der Waals surface area contributed by atoms with Crippen molar-refractivity contribution in [1.29, 1.82) is 0 Å². The lowest BCUT2D eigenvalue weighted by Crippen LogP contribution is -2.80. The molecule has 72 heavy (non-hydrogen) atoms. The van der Waals surface area contributed by atoms with Crippen molar-refractivity contribution in [2.45, 2.75) is 122 Å². The molecule has 1 aliphatic heterocycles. The minimum Gasteiger partial charge on any atom is -0.455 e. The molecular weight excluding hydrogens is 947 g/mol. The number of aliphatic hydroxyl groups is 2. The van der Waals surface area contributed by atoms with Gasteiger partial charge in [0.05, 0.1) is 35.2 Å². The second kappa shape index (κ2) is 21.2. The number of benzene rings is 3. The number of thioether (sulfide) groups is 1. The Kier molecular flexibility index (Phi) is 15.8. The van der Waals surface area contributed by atoms with Gasteiger partial charge in [-0.15, -0.1) is 11.8 Å². The molecule has 11 atom stereocenters. The summed E-state index contributed by atoms with van der Waals surface area (Å²) in [5.74, 6) is -9.23. The molecule has 384 valence electrons. The van der Waals surface area contributed by atoms with Crippen LogP contribution >= 0.6 is 11.8 Å². The Bertz CT molecular complexity index is 2620. The van der Waals surface area contributed by atoms with E-state index < -0.39 is 125 Å². The summed E-state index contributed by atoms with van der Waals surface area (Å²) in [7, 11) is 0. The van der Waals surface area contributed by atoms with Gasteiger partial charge in [0.1, 0.15) is 24.0 Å². The molecule has 0 spiro atoms. The first-order valence-electron chi connectivity index (χ1n) is 24.1. The van der Waals surface area contributed by atoms with E-state index in [1.54, 1.807) is 126 Å². The molecule has 3 aliphatic carbocycles. The van der Waals surface area contributed by atoms with Gasteiger partial charge in [0.15, 0.2) is 23.3 Å².